The smallest absolute Gasteiger partial charge is 0.233 e. The first-order chi connectivity index (χ1) is 13.6. The molecule has 0 N–H and O–H groups in total. The van der Waals surface area contributed by atoms with Gasteiger partial charge in [0.05, 0.1) is 24.8 Å². The molecule has 4 heterocycles. The number of hydrogen-bond donors (Lipinski definition) is 0. The minimum absolute atomic E-state index is 0.150. The molecule has 28 heavy (non-hydrogen) atoms. The normalized spacial score (nSPS) is 19.9. The van der Waals surface area contributed by atoms with Gasteiger partial charge in [0.15, 0.2) is 10.9 Å². The molecule has 4 rings (SSSR count). The van der Waals surface area contributed by atoms with Crippen LogP contribution in [0.1, 0.15) is 38.9 Å². The lowest BCUT2D eigenvalue weighted by atomic mass is 9.98. The molecule has 0 unspecified atom stereocenters. The summed E-state index contributed by atoms with van der Waals surface area (Å²) in [6, 6.07) is 7.99. The first kappa shape index (κ1) is 18.9. The number of nitrogens with zero attached hydrogens (tertiary/aromatic N) is 4. The summed E-state index contributed by atoms with van der Waals surface area (Å²) < 4.78 is 12.9. The molecule has 0 radical (unpaired) electrons. The molecule has 7 nitrogen and oxygen atoms in total. The summed E-state index contributed by atoms with van der Waals surface area (Å²) in [7, 11) is 0. The molecule has 3 aromatic rings. The van der Waals surface area contributed by atoms with Crippen molar-refractivity contribution < 1.29 is 13.6 Å². The molecule has 0 spiro atoms. The summed E-state index contributed by atoms with van der Waals surface area (Å²) in [5.74, 6) is 2.53. The van der Waals surface area contributed by atoms with Crippen molar-refractivity contribution in [1.82, 2.24) is 19.7 Å². The van der Waals surface area contributed by atoms with Crippen LogP contribution < -0.4 is 0 Å². The average molecular weight is 401 g/mol. The molecule has 1 fully saturated rings. The van der Waals surface area contributed by atoms with Gasteiger partial charge in [-0.25, -0.2) is 0 Å². The first-order valence-electron chi connectivity index (χ1n) is 9.57. The van der Waals surface area contributed by atoms with Crippen LogP contribution in [0.4, 0.5) is 0 Å². The van der Waals surface area contributed by atoms with Crippen LogP contribution in [-0.2, 0) is 11.3 Å². The molecule has 2 atom stereocenters. The molecule has 3 aromatic heterocycles. The van der Waals surface area contributed by atoms with Gasteiger partial charge in [-0.15, -0.1) is 10.2 Å². The number of hydrogen-bond acceptors (Lipinski definition) is 6. The van der Waals surface area contributed by atoms with Gasteiger partial charge in [0, 0.05) is 12.1 Å². The van der Waals surface area contributed by atoms with Gasteiger partial charge in [-0.3, -0.25) is 9.36 Å². The standard InChI is InChI=1S/C20H24N4O3S/c1-14-6-3-7-15(2)24(14)18(25)13-28-20-22-21-19(17-9-5-11-27-17)23(20)12-16-8-4-10-26-16/h4-5,8-11,14-15H,3,6-7,12-13H2,1-2H3/t14-,15-/m1/s1. The predicted octanol–water partition coefficient (Wildman–Crippen LogP) is 4.06. The van der Waals surface area contributed by atoms with Crippen molar-refractivity contribution in [3.05, 3.63) is 42.6 Å². The molecule has 1 aliphatic rings. The predicted molar refractivity (Wildman–Crippen MR) is 106 cm³/mol. The van der Waals surface area contributed by atoms with Crippen molar-refractivity contribution in [2.75, 3.05) is 5.75 Å². The fraction of sp³-hybridized carbons (Fsp3) is 0.450. The number of carbonyl (C=O) groups excluding carboxylic acids is 1. The van der Waals surface area contributed by atoms with E-state index in [1.54, 1.807) is 12.5 Å². The van der Waals surface area contributed by atoms with E-state index >= 15 is 0 Å². The maximum absolute atomic E-state index is 12.9. The molecule has 8 heteroatoms. The summed E-state index contributed by atoms with van der Waals surface area (Å²) in [5.41, 5.74) is 0. The highest BCUT2D eigenvalue weighted by Gasteiger charge is 2.29. The fourth-order valence-corrected chi connectivity index (χ4v) is 4.61. The topological polar surface area (TPSA) is 77.3 Å². The fourth-order valence-electron chi connectivity index (χ4n) is 3.80. The molecular formula is C20H24N4O3S. The van der Waals surface area contributed by atoms with Crippen LogP contribution in [0.25, 0.3) is 11.6 Å². The summed E-state index contributed by atoms with van der Waals surface area (Å²) in [6.07, 6.45) is 6.57. The quantitative estimate of drug-likeness (QED) is 0.581. The van der Waals surface area contributed by atoms with E-state index in [-0.39, 0.29) is 18.0 Å². The van der Waals surface area contributed by atoms with Crippen molar-refractivity contribution in [3.8, 4) is 11.6 Å². The molecule has 0 bridgehead atoms. The maximum atomic E-state index is 12.9. The van der Waals surface area contributed by atoms with E-state index in [1.165, 1.54) is 18.2 Å². The van der Waals surface area contributed by atoms with Gasteiger partial charge in [-0.2, -0.15) is 0 Å². The largest absolute Gasteiger partial charge is 0.467 e. The zero-order valence-corrected chi connectivity index (χ0v) is 16.9. The second-order valence-electron chi connectivity index (χ2n) is 7.17. The van der Waals surface area contributed by atoms with Crippen LogP contribution in [0.5, 0.6) is 0 Å². The van der Waals surface area contributed by atoms with Crippen molar-refractivity contribution in [1.29, 1.82) is 0 Å². The van der Waals surface area contributed by atoms with Gasteiger partial charge < -0.3 is 13.7 Å². The summed E-state index contributed by atoms with van der Waals surface area (Å²) in [5, 5.41) is 9.28. The Balaban J connectivity index is 1.53. The Morgan fingerprint density at radius 1 is 1.14 bits per heavy atom. The number of carbonyl (C=O) groups is 1. The van der Waals surface area contributed by atoms with Crippen molar-refractivity contribution in [2.45, 2.75) is 56.9 Å². The molecule has 0 saturated carbocycles. The highest BCUT2D eigenvalue weighted by atomic mass is 32.2. The number of furan rings is 2. The van der Waals surface area contributed by atoms with Gasteiger partial charge >= 0.3 is 0 Å². The number of likely N-dealkylation sites (tertiary alicyclic amines) is 1. The lowest BCUT2D eigenvalue weighted by molar-refractivity contribution is -0.134. The Morgan fingerprint density at radius 3 is 2.57 bits per heavy atom. The Bertz CT molecular complexity index is 894. The molecular weight excluding hydrogens is 376 g/mol. The Hall–Kier alpha value is -2.48. The van der Waals surface area contributed by atoms with Crippen molar-refractivity contribution in [3.63, 3.8) is 0 Å². The van der Waals surface area contributed by atoms with Crippen LogP contribution in [-0.4, -0.2) is 43.4 Å². The molecule has 1 saturated heterocycles. The molecule has 1 amide bonds. The zero-order chi connectivity index (χ0) is 19.5. The monoisotopic (exact) mass is 400 g/mol. The number of aromatic nitrogens is 3. The van der Waals surface area contributed by atoms with Gasteiger partial charge in [0.25, 0.3) is 0 Å². The van der Waals surface area contributed by atoms with E-state index < -0.39 is 0 Å². The minimum atomic E-state index is 0.150. The first-order valence-corrected chi connectivity index (χ1v) is 10.6. The Morgan fingerprint density at radius 2 is 1.89 bits per heavy atom. The number of piperidine rings is 1. The zero-order valence-electron chi connectivity index (χ0n) is 16.1. The number of thioether (sulfide) groups is 1. The average Bonchev–Trinajstić information content (AvgIpc) is 3.43. The Labute approximate surface area is 168 Å². The minimum Gasteiger partial charge on any atom is -0.467 e. The SMILES string of the molecule is C[C@@H]1CCC[C@@H](C)N1C(=O)CSc1nnc(-c2ccco2)n1Cc1ccco1. The van der Waals surface area contributed by atoms with Gasteiger partial charge in [0.2, 0.25) is 11.7 Å². The lowest BCUT2D eigenvalue weighted by Gasteiger charge is -2.39. The van der Waals surface area contributed by atoms with Crippen LogP contribution in [0.15, 0.2) is 50.8 Å². The van der Waals surface area contributed by atoms with Crippen molar-refractivity contribution >= 4 is 17.7 Å². The van der Waals surface area contributed by atoms with E-state index in [9.17, 15) is 4.79 Å². The Kier molecular flexibility index (Phi) is 5.57. The molecule has 0 aromatic carbocycles. The second-order valence-corrected chi connectivity index (χ2v) is 8.11. The number of amides is 1. The van der Waals surface area contributed by atoms with E-state index in [1.807, 2.05) is 33.7 Å². The van der Waals surface area contributed by atoms with Crippen LogP contribution in [0.2, 0.25) is 0 Å². The van der Waals surface area contributed by atoms with Gasteiger partial charge in [-0.1, -0.05) is 11.8 Å². The van der Waals surface area contributed by atoms with Crippen LogP contribution in [0, 0.1) is 0 Å². The van der Waals surface area contributed by atoms with E-state index in [0.717, 1.165) is 18.6 Å². The second kappa shape index (κ2) is 8.26. The molecule has 1 aliphatic heterocycles. The third-order valence-electron chi connectivity index (χ3n) is 5.16. The van der Waals surface area contributed by atoms with E-state index in [0.29, 0.717) is 29.0 Å². The van der Waals surface area contributed by atoms with Crippen molar-refractivity contribution in [2.24, 2.45) is 0 Å². The van der Waals surface area contributed by atoms with Gasteiger partial charge in [-0.05, 0) is 57.4 Å². The summed E-state index contributed by atoms with van der Waals surface area (Å²) in [6.45, 7) is 4.74. The highest BCUT2D eigenvalue weighted by molar-refractivity contribution is 7.99. The summed E-state index contributed by atoms with van der Waals surface area (Å²) >= 11 is 1.41. The molecule has 0 aliphatic carbocycles. The third kappa shape index (κ3) is 3.87. The molecule has 148 valence electrons. The van der Waals surface area contributed by atoms with Crippen LogP contribution >= 0.6 is 11.8 Å². The van der Waals surface area contributed by atoms with Gasteiger partial charge in [0.1, 0.15) is 5.76 Å². The maximum Gasteiger partial charge on any atom is 0.233 e. The third-order valence-corrected chi connectivity index (χ3v) is 6.11. The van der Waals surface area contributed by atoms with Crippen LogP contribution in [0.3, 0.4) is 0 Å². The van der Waals surface area contributed by atoms with E-state index in [4.69, 9.17) is 8.83 Å². The number of rotatable bonds is 6. The highest BCUT2D eigenvalue weighted by Crippen LogP contribution is 2.28. The summed E-state index contributed by atoms with van der Waals surface area (Å²) in [4.78, 5) is 14.9. The van der Waals surface area contributed by atoms with E-state index in [2.05, 4.69) is 24.0 Å². The lowest BCUT2D eigenvalue weighted by Crippen LogP contribution is -2.48.